The molecular formula is C14H16Cl2INO. The fraction of sp³-hybridized carbons (Fsp3) is 0.500. The summed E-state index contributed by atoms with van der Waals surface area (Å²) in [4.78, 5) is 14.5. The van der Waals surface area contributed by atoms with Gasteiger partial charge in [0.2, 0.25) is 0 Å². The Balaban J connectivity index is 2.15. The normalized spacial score (nSPS) is 15.1. The zero-order valence-corrected chi connectivity index (χ0v) is 14.2. The smallest absolute Gasteiger partial charge is 0.254 e. The van der Waals surface area contributed by atoms with Gasteiger partial charge in [-0.25, -0.2) is 0 Å². The van der Waals surface area contributed by atoms with Crippen LogP contribution in [0.2, 0.25) is 5.02 Å². The van der Waals surface area contributed by atoms with Crippen molar-refractivity contribution in [3.63, 3.8) is 0 Å². The Hall–Kier alpha value is -0.000000000000000167. The standard InChI is InChI=1S/C14H16Cl2INO/c15-7-2-8-18(11-3-1-4-11)14(19)10-5-6-13(17)12(16)9-10/h5-6,9,11H,1-4,7-8H2. The van der Waals surface area contributed by atoms with E-state index in [1.165, 1.54) is 6.42 Å². The highest BCUT2D eigenvalue weighted by Gasteiger charge is 2.29. The largest absolute Gasteiger partial charge is 0.336 e. The molecule has 0 aromatic heterocycles. The van der Waals surface area contributed by atoms with Crippen molar-refractivity contribution in [3.05, 3.63) is 32.4 Å². The van der Waals surface area contributed by atoms with Gasteiger partial charge in [0.1, 0.15) is 0 Å². The molecule has 0 saturated heterocycles. The highest BCUT2D eigenvalue weighted by Crippen LogP contribution is 2.27. The monoisotopic (exact) mass is 411 g/mol. The molecule has 5 heteroatoms. The first-order valence-electron chi connectivity index (χ1n) is 6.45. The first-order chi connectivity index (χ1) is 9.13. The molecule has 1 fully saturated rings. The highest BCUT2D eigenvalue weighted by atomic mass is 127. The molecule has 104 valence electrons. The SMILES string of the molecule is O=C(c1ccc(I)c(Cl)c1)N(CCCCl)C1CCC1. The van der Waals surface area contributed by atoms with Gasteiger partial charge in [-0.2, -0.15) is 0 Å². The van der Waals surface area contributed by atoms with E-state index in [0.717, 1.165) is 29.4 Å². The lowest BCUT2D eigenvalue weighted by Gasteiger charge is -2.37. The van der Waals surface area contributed by atoms with Crippen LogP contribution in [0.3, 0.4) is 0 Å². The molecule has 1 aromatic carbocycles. The second kappa shape index (κ2) is 7.14. The first kappa shape index (κ1) is 15.4. The van der Waals surface area contributed by atoms with Gasteiger partial charge in [-0.3, -0.25) is 4.79 Å². The van der Waals surface area contributed by atoms with Crippen LogP contribution in [0.25, 0.3) is 0 Å². The van der Waals surface area contributed by atoms with Gasteiger partial charge < -0.3 is 4.90 Å². The minimum atomic E-state index is 0.0770. The summed E-state index contributed by atoms with van der Waals surface area (Å²) in [5.74, 6) is 0.664. The molecule has 0 radical (unpaired) electrons. The number of carbonyl (C=O) groups is 1. The third-order valence-corrected chi connectivity index (χ3v) is 5.32. The number of hydrogen-bond acceptors (Lipinski definition) is 1. The predicted molar refractivity (Wildman–Crippen MR) is 88.2 cm³/mol. The van der Waals surface area contributed by atoms with Gasteiger partial charge in [0.05, 0.1) is 5.02 Å². The molecule has 1 saturated carbocycles. The van der Waals surface area contributed by atoms with Crippen molar-refractivity contribution < 1.29 is 4.79 Å². The Kier molecular flexibility index (Phi) is 5.78. The molecule has 1 amide bonds. The second-order valence-corrected chi connectivity index (χ2v) is 6.70. The average molecular weight is 412 g/mol. The van der Waals surface area contributed by atoms with E-state index in [9.17, 15) is 4.79 Å². The molecule has 2 nitrogen and oxygen atoms in total. The van der Waals surface area contributed by atoms with E-state index >= 15 is 0 Å². The summed E-state index contributed by atoms with van der Waals surface area (Å²) in [6, 6.07) is 5.88. The second-order valence-electron chi connectivity index (χ2n) is 4.75. The summed E-state index contributed by atoms with van der Waals surface area (Å²) in [7, 11) is 0. The van der Waals surface area contributed by atoms with Gasteiger partial charge in [-0.05, 0) is 66.5 Å². The molecular weight excluding hydrogens is 396 g/mol. The van der Waals surface area contributed by atoms with Crippen molar-refractivity contribution in [2.45, 2.75) is 31.7 Å². The third-order valence-electron chi connectivity index (χ3n) is 3.48. The van der Waals surface area contributed by atoms with E-state index in [4.69, 9.17) is 23.2 Å². The van der Waals surface area contributed by atoms with Crippen LogP contribution >= 0.6 is 45.8 Å². The predicted octanol–water partition coefficient (Wildman–Crippen LogP) is 4.57. The Morgan fingerprint density at radius 2 is 2.16 bits per heavy atom. The molecule has 0 spiro atoms. The van der Waals surface area contributed by atoms with Crippen LogP contribution in [-0.4, -0.2) is 29.3 Å². The van der Waals surface area contributed by atoms with E-state index < -0.39 is 0 Å². The number of halogens is 3. The van der Waals surface area contributed by atoms with Crippen molar-refractivity contribution >= 4 is 51.7 Å². The summed E-state index contributed by atoms with van der Waals surface area (Å²) >= 11 is 14.0. The molecule has 0 bridgehead atoms. The van der Waals surface area contributed by atoms with E-state index in [-0.39, 0.29) is 5.91 Å². The molecule has 1 aliphatic rings. The van der Waals surface area contributed by atoms with Crippen molar-refractivity contribution in [1.82, 2.24) is 4.90 Å². The van der Waals surface area contributed by atoms with Crippen molar-refractivity contribution in [1.29, 1.82) is 0 Å². The molecule has 1 aliphatic carbocycles. The van der Waals surface area contributed by atoms with Gasteiger partial charge in [0, 0.05) is 27.6 Å². The minimum absolute atomic E-state index is 0.0770. The number of rotatable bonds is 5. The molecule has 0 unspecified atom stereocenters. The van der Waals surface area contributed by atoms with E-state index in [0.29, 0.717) is 22.5 Å². The quantitative estimate of drug-likeness (QED) is 0.513. The van der Waals surface area contributed by atoms with Crippen LogP contribution in [0, 0.1) is 3.57 Å². The van der Waals surface area contributed by atoms with Gasteiger partial charge in [0.15, 0.2) is 0 Å². The van der Waals surface area contributed by atoms with Crippen molar-refractivity contribution in [2.75, 3.05) is 12.4 Å². The van der Waals surface area contributed by atoms with Crippen LogP contribution in [0.5, 0.6) is 0 Å². The van der Waals surface area contributed by atoms with Crippen LogP contribution in [-0.2, 0) is 0 Å². The summed E-state index contributed by atoms with van der Waals surface area (Å²) in [6.07, 6.45) is 4.25. The first-order valence-corrected chi connectivity index (χ1v) is 8.44. The molecule has 0 N–H and O–H groups in total. The molecule has 1 aromatic rings. The van der Waals surface area contributed by atoms with Gasteiger partial charge in [-0.1, -0.05) is 11.6 Å². The fourth-order valence-electron chi connectivity index (χ4n) is 2.17. The topological polar surface area (TPSA) is 20.3 Å². The summed E-state index contributed by atoms with van der Waals surface area (Å²) in [5, 5.41) is 0.636. The molecule has 0 aliphatic heterocycles. The molecule has 2 rings (SSSR count). The van der Waals surface area contributed by atoms with E-state index in [1.54, 1.807) is 6.07 Å². The number of hydrogen-bond donors (Lipinski definition) is 0. The summed E-state index contributed by atoms with van der Waals surface area (Å²) < 4.78 is 0.965. The lowest BCUT2D eigenvalue weighted by molar-refractivity contribution is 0.0581. The van der Waals surface area contributed by atoms with Crippen LogP contribution in [0.4, 0.5) is 0 Å². The van der Waals surface area contributed by atoms with Gasteiger partial charge in [0.25, 0.3) is 5.91 Å². The zero-order valence-electron chi connectivity index (χ0n) is 10.5. The van der Waals surface area contributed by atoms with Crippen LogP contribution in [0.15, 0.2) is 18.2 Å². The summed E-state index contributed by atoms with van der Waals surface area (Å²) in [5.41, 5.74) is 0.673. The Labute approximate surface area is 137 Å². The zero-order chi connectivity index (χ0) is 13.8. The lowest BCUT2D eigenvalue weighted by Crippen LogP contribution is -2.44. The van der Waals surface area contributed by atoms with Crippen LogP contribution in [0.1, 0.15) is 36.0 Å². The Morgan fingerprint density at radius 1 is 1.42 bits per heavy atom. The highest BCUT2D eigenvalue weighted by molar-refractivity contribution is 14.1. The Bertz CT molecular complexity index is 463. The minimum Gasteiger partial charge on any atom is -0.336 e. The van der Waals surface area contributed by atoms with Crippen molar-refractivity contribution in [2.24, 2.45) is 0 Å². The number of amides is 1. The number of nitrogens with zero attached hydrogens (tertiary/aromatic N) is 1. The summed E-state index contributed by atoms with van der Waals surface area (Å²) in [6.45, 7) is 0.733. The fourth-order valence-corrected chi connectivity index (χ4v) is 2.81. The van der Waals surface area contributed by atoms with Gasteiger partial charge in [-0.15, -0.1) is 11.6 Å². The van der Waals surface area contributed by atoms with Crippen LogP contribution < -0.4 is 0 Å². The molecule has 0 atom stereocenters. The number of carbonyl (C=O) groups excluding carboxylic acids is 1. The number of alkyl halides is 1. The Morgan fingerprint density at radius 3 is 2.68 bits per heavy atom. The van der Waals surface area contributed by atoms with Gasteiger partial charge >= 0.3 is 0 Å². The third kappa shape index (κ3) is 3.76. The van der Waals surface area contributed by atoms with E-state index in [2.05, 4.69) is 22.6 Å². The lowest BCUT2D eigenvalue weighted by atomic mass is 9.91. The van der Waals surface area contributed by atoms with Crippen molar-refractivity contribution in [3.8, 4) is 0 Å². The molecule has 19 heavy (non-hydrogen) atoms. The molecule has 0 heterocycles. The van der Waals surface area contributed by atoms with E-state index in [1.807, 2.05) is 17.0 Å². The average Bonchev–Trinajstić information content (AvgIpc) is 2.34. The number of benzene rings is 1. The maximum atomic E-state index is 12.6. The maximum Gasteiger partial charge on any atom is 0.254 e. The maximum absolute atomic E-state index is 12.6.